The molecule has 0 unspecified atom stereocenters. The highest BCUT2D eigenvalue weighted by molar-refractivity contribution is 8.18. The van der Waals surface area contributed by atoms with Gasteiger partial charge in [0, 0.05) is 11.6 Å². The Hall–Kier alpha value is -3.01. The fourth-order valence-electron chi connectivity index (χ4n) is 2.36. The van der Waals surface area contributed by atoms with Gasteiger partial charge in [-0.25, -0.2) is 0 Å². The Morgan fingerprint density at radius 1 is 1.22 bits per heavy atom. The second-order valence-corrected chi connectivity index (χ2v) is 6.51. The molecule has 27 heavy (non-hydrogen) atoms. The van der Waals surface area contributed by atoms with Gasteiger partial charge in [0.05, 0.1) is 10.5 Å². The summed E-state index contributed by atoms with van der Waals surface area (Å²) < 4.78 is 43.9. The average molecular weight is 396 g/mol. The lowest BCUT2D eigenvalue weighted by molar-refractivity contribution is -0.137. The Kier molecular flexibility index (Phi) is 4.83. The van der Waals surface area contributed by atoms with Gasteiger partial charge in [0.15, 0.2) is 0 Å². The fraction of sp³-hybridized carbons (Fsp3) is 0.118. The minimum Gasteiger partial charge on any atom is -0.457 e. The van der Waals surface area contributed by atoms with E-state index in [4.69, 9.17) is 10.2 Å². The number of hydrogen-bond donors (Lipinski definition) is 1. The quantitative estimate of drug-likeness (QED) is 0.799. The van der Waals surface area contributed by atoms with Gasteiger partial charge in [-0.2, -0.15) is 13.2 Å². The van der Waals surface area contributed by atoms with Gasteiger partial charge >= 0.3 is 6.18 Å². The van der Waals surface area contributed by atoms with Crippen molar-refractivity contribution in [2.45, 2.75) is 6.18 Å². The summed E-state index contributed by atoms with van der Waals surface area (Å²) >= 11 is 0.612. The third-order valence-electron chi connectivity index (χ3n) is 3.56. The number of amides is 3. The van der Waals surface area contributed by atoms with Crippen LogP contribution in [0.15, 0.2) is 45.7 Å². The molecule has 0 bridgehead atoms. The van der Waals surface area contributed by atoms with Crippen molar-refractivity contribution >= 4 is 34.9 Å². The number of alkyl halides is 3. The first-order valence-electron chi connectivity index (χ1n) is 7.46. The predicted octanol–water partition coefficient (Wildman–Crippen LogP) is 3.49. The summed E-state index contributed by atoms with van der Waals surface area (Å²) in [5.74, 6) is -1.18. The lowest BCUT2D eigenvalue weighted by Gasteiger charge is -2.08. The minimum atomic E-state index is -4.48. The monoisotopic (exact) mass is 396 g/mol. The van der Waals surface area contributed by atoms with Gasteiger partial charge in [-0.15, -0.1) is 0 Å². The zero-order valence-electron chi connectivity index (χ0n) is 13.4. The van der Waals surface area contributed by atoms with Gasteiger partial charge < -0.3 is 10.2 Å². The van der Waals surface area contributed by atoms with Crippen LogP contribution in [0, 0.1) is 0 Å². The lowest BCUT2D eigenvalue weighted by Crippen LogP contribution is -2.36. The van der Waals surface area contributed by atoms with Gasteiger partial charge in [0.25, 0.3) is 11.1 Å². The van der Waals surface area contributed by atoms with Crippen LogP contribution in [0.1, 0.15) is 11.3 Å². The third kappa shape index (κ3) is 4.05. The highest BCUT2D eigenvalue weighted by Crippen LogP contribution is 2.35. The van der Waals surface area contributed by atoms with Gasteiger partial charge in [-0.05, 0) is 36.0 Å². The SMILES string of the molecule is NC(=O)CN1C(=O)S/C(=C\c2ccc(-c3cccc(C(F)(F)F)c3)o2)C1=O. The number of carbonyl (C=O) groups is 3. The van der Waals surface area contributed by atoms with E-state index in [2.05, 4.69) is 0 Å². The van der Waals surface area contributed by atoms with Gasteiger partial charge in [-0.3, -0.25) is 19.3 Å². The van der Waals surface area contributed by atoms with E-state index in [1.54, 1.807) is 0 Å². The topological polar surface area (TPSA) is 93.6 Å². The molecule has 6 nitrogen and oxygen atoms in total. The molecule has 3 rings (SSSR count). The zero-order chi connectivity index (χ0) is 19.8. The van der Waals surface area contributed by atoms with E-state index in [0.29, 0.717) is 16.7 Å². The number of carbonyl (C=O) groups excluding carboxylic acids is 3. The number of thioether (sulfide) groups is 1. The molecule has 2 N–H and O–H groups in total. The molecule has 0 aliphatic carbocycles. The Labute approximate surface area is 154 Å². The molecule has 1 aliphatic heterocycles. The predicted molar refractivity (Wildman–Crippen MR) is 91.0 cm³/mol. The second kappa shape index (κ2) is 6.95. The number of primary amides is 1. The maximum Gasteiger partial charge on any atom is 0.416 e. The van der Waals surface area contributed by atoms with Crippen LogP contribution in [0.5, 0.6) is 0 Å². The number of hydrogen-bond acceptors (Lipinski definition) is 5. The molecule has 0 spiro atoms. The molecular weight excluding hydrogens is 385 g/mol. The molecule has 1 aromatic heterocycles. The maximum atomic E-state index is 12.8. The molecule has 3 amide bonds. The Balaban J connectivity index is 1.85. The first-order valence-corrected chi connectivity index (χ1v) is 8.28. The number of nitrogens with zero attached hydrogens (tertiary/aromatic N) is 1. The lowest BCUT2D eigenvalue weighted by atomic mass is 10.1. The van der Waals surface area contributed by atoms with Crippen LogP contribution < -0.4 is 5.73 Å². The van der Waals surface area contributed by atoms with Crippen molar-refractivity contribution in [2.24, 2.45) is 5.73 Å². The molecule has 0 atom stereocenters. The average Bonchev–Trinajstić information content (AvgIpc) is 3.15. The largest absolute Gasteiger partial charge is 0.457 e. The van der Waals surface area contributed by atoms with Gasteiger partial charge in [-0.1, -0.05) is 12.1 Å². The molecule has 0 radical (unpaired) electrons. The summed E-state index contributed by atoms with van der Waals surface area (Å²) in [6.45, 7) is -0.532. The summed E-state index contributed by atoms with van der Waals surface area (Å²) in [6, 6.07) is 7.52. The molecule has 140 valence electrons. The number of halogens is 3. The van der Waals surface area contributed by atoms with Crippen LogP contribution in [-0.2, 0) is 15.8 Å². The first-order chi connectivity index (χ1) is 12.6. The number of nitrogens with two attached hydrogens (primary N) is 1. The second-order valence-electron chi connectivity index (χ2n) is 5.51. The molecule has 1 aliphatic rings. The zero-order valence-corrected chi connectivity index (χ0v) is 14.3. The van der Waals surface area contributed by atoms with E-state index >= 15 is 0 Å². The van der Waals surface area contributed by atoms with Crippen molar-refractivity contribution in [3.8, 4) is 11.3 Å². The van der Waals surface area contributed by atoms with E-state index in [-0.39, 0.29) is 22.0 Å². The van der Waals surface area contributed by atoms with E-state index in [1.807, 2.05) is 0 Å². The van der Waals surface area contributed by atoms with Crippen LogP contribution in [0.3, 0.4) is 0 Å². The molecule has 0 saturated carbocycles. The maximum absolute atomic E-state index is 12.8. The highest BCUT2D eigenvalue weighted by atomic mass is 32.2. The van der Waals surface area contributed by atoms with Crippen LogP contribution in [-0.4, -0.2) is 28.5 Å². The standard InChI is InChI=1S/C17H11F3N2O4S/c18-17(19,20)10-3-1-2-9(6-10)12-5-4-11(26-12)7-13-15(24)22(8-14(21)23)16(25)27-13/h1-7H,8H2,(H2,21,23)/b13-7-. The minimum absolute atomic E-state index is 0.0196. The third-order valence-corrected chi connectivity index (χ3v) is 4.47. The normalized spacial score (nSPS) is 16.4. The number of rotatable bonds is 4. The number of imide groups is 1. The van der Waals surface area contributed by atoms with Crippen molar-refractivity contribution in [2.75, 3.05) is 6.54 Å². The highest BCUT2D eigenvalue weighted by Gasteiger charge is 2.36. The molecule has 1 fully saturated rings. The molecule has 2 aromatic rings. The fourth-order valence-corrected chi connectivity index (χ4v) is 3.17. The van der Waals surface area contributed by atoms with Crippen molar-refractivity contribution in [3.05, 3.63) is 52.6 Å². The van der Waals surface area contributed by atoms with Gasteiger partial charge in [0.1, 0.15) is 18.1 Å². The van der Waals surface area contributed by atoms with Crippen molar-refractivity contribution in [3.63, 3.8) is 0 Å². The van der Waals surface area contributed by atoms with Crippen molar-refractivity contribution in [1.29, 1.82) is 0 Å². The molecule has 1 saturated heterocycles. The molecule has 10 heteroatoms. The number of furan rings is 1. The van der Waals surface area contributed by atoms with Crippen molar-refractivity contribution in [1.82, 2.24) is 4.90 Å². The van der Waals surface area contributed by atoms with Crippen LogP contribution in [0.2, 0.25) is 0 Å². The summed E-state index contributed by atoms with van der Waals surface area (Å²) in [4.78, 5) is 35.5. The van der Waals surface area contributed by atoms with Crippen LogP contribution in [0.4, 0.5) is 18.0 Å². The summed E-state index contributed by atoms with van der Waals surface area (Å²) in [5, 5.41) is -0.644. The Morgan fingerprint density at radius 2 is 1.96 bits per heavy atom. The molecular formula is C17H11F3N2O4S. The molecule has 2 heterocycles. The van der Waals surface area contributed by atoms with Crippen LogP contribution in [0.25, 0.3) is 17.4 Å². The Bertz CT molecular complexity index is 965. The van der Waals surface area contributed by atoms with E-state index < -0.39 is 35.3 Å². The van der Waals surface area contributed by atoms with E-state index in [0.717, 1.165) is 12.1 Å². The summed E-state index contributed by atoms with van der Waals surface area (Å²) in [5.41, 5.74) is 4.39. The first kappa shape index (κ1) is 18.8. The van der Waals surface area contributed by atoms with E-state index in [9.17, 15) is 27.6 Å². The smallest absolute Gasteiger partial charge is 0.416 e. The van der Waals surface area contributed by atoms with E-state index in [1.165, 1.54) is 30.3 Å². The van der Waals surface area contributed by atoms with Crippen molar-refractivity contribution < 1.29 is 32.0 Å². The molecule has 1 aromatic carbocycles. The van der Waals surface area contributed by atoms with Crippen LogP contribution >= 0.6 is 11.8 Å². The van der Waals surface area contributed by atoms with Gasteiger partial charge in [0.2, 0.25) is 5.91 Å². The summed E-state index contributed by atoms with van der Waals surface area (Å²) in [6.07, 6.45) is -3.20. The number of benzene rings is 1. The summed E-state index contributed by atoms with van der Waals surface area (Å²) in [7, 11) is 0. The Morgan fingerprint density at radius 3 is 2.63 bits per heavy atom.